The van der Waals surface area contributed by atoms with Crippen LogP contribution in [0.5, 0.6) is 0 Å². The molecule has 1 aromatic rings. The molecule has 0 saturated heterocycles. The molecule has 1 aromatic carbocycles. The molecule has 74 valence electrons. The van der Waals surface area contributed by atoms with E-state index in [-0.39, 0.29) is 0 Å². The maximum atomic E-state index is 2.28. The second kappa shape index (κ2) is 3.74. The van der Waals surface area contributed by atoms with Crippen LogP contribution in [0, 0.1) is 0 Å². The zero-order valence-electron chi connectivity index (χ0n) is 8.44. The summed E-state index contributed by atoms with van der Waals surface area (Å²) in [5, 5.41) is 0. The molecule has 0 nitrogen and oxygen atoms in total. The van der Waals surface area contributed by atoms with Gasteiger partial charge in [-0.1, -0.05) is 54.3 Å². The summed E-state index contributed by atoms with van der Waals surface area (Å²) < 4.78 is 0. The van der Waals surface area contributed by atoms with E-state index in [1.54, 1.807) is 0 Å². The quantitative estimate of drug-likeness (QED) is 0.623. The van der Waals surface area contributed by atoms with Crippen LogP contribution < -0.4 is 0 Å². The Balaban J connectivity index is 2.06. The van der Waals surface area contributed by atoms with Crippen molar-refractivity contribution < 1.29 is 0 Å². The van der Waals surface area contributed by atoms with Gasteiger partial charge in [-0.2, -0.15) is 0 Å². The van der Waals surface area contributed by atoms with Crippen LogP contribution in [-0.4, -0.2) is 0 Å². The van der Waals surface area contributed by atoms with Gasteiger partial charge in [-0.25, -0.2) is 0 Å². The lowest BCUT2D eigenvalue weighted by molar-refractivity contribution is 1.11. The van der Waals surface area contributed by atoms with E-state index in [1.807, 2.05) is 11.8 Å². The fraction of sp³-hybridized carbons (Fsp3) is 0.143. The Morgan fingerprint density at radius 1 is 1.00 bits per heavy atom. The molecule has 0 bridgehead atoms. The van der Waals surface area contributed by atoms with E-state index in [1.165, 1.54) is 20.9 Å². The minimum atomic E-state index is 1.06. The predicted molar refractivity (Wildman–Crippen MR) is 65.9 cm³/mol. The summed E-state index contributed by atoms with van der Waals surface area (Å²) >= 11 is 1.90. The van der Waals surface area contributed by atoms with E-state index in [4.69, 9.17) is 0 Å². The molecule has 0 fully saturated rings. The maximum absolute atomic E-state index is 2.28. The van der Waals surface area contributed by atoms with Gasteiger partial charge in [-0.15, -0.1) is 0 Å². The monoisotopic (exact) mass is 212 g/mol. The molecule has 15 heavy (non-hydrogen) atoms. The van der Waals surface area contributed by atoms with Crippen LogP contribution in [0.1, 0.15) is 12.0 Å². The SMILES string of the molecule is C1=CC2=C(C=CC1)Sc1ccccc1C2. The third-order valence-corrected chi connectivity index (χ3v) is 3.99. The molecule has 0 spiro atoms. The van der Waals surface area contributed by atoms with Crippen LogP contribution in [0.25, 0.3) is 0 Å². The largest absolute Gasteiger partial charge is 0.0895 e. The van der Waals surface area contributed by atoms with E-state index >= 15 is 0 Å². The van der Waals surface area contributed by atoms with Crippen LogP contribution in [-0.2, 0) is 6.42 Å². The summed E-state index contributed by atoms with van der Waals surface area (Å²) in [5.41, 5.74) is 2.92. The van der Waals surface area contributed by atoms with Crippen LogP contribution in [0.4, 0.5) is 0 Å². The first-order chi connectivity index (χ1) is 7.43. The van der Waals surface area contributed by atoms with Crippen molar-refractivity contribution in [2.45, 2.75) is 17.7 Å². The highest BCUT2D eigenvalue weighted by atomic mass is 32.2. The summed E-state index contributed by atoms with van der Waals surface area (Å²) in [7, 11) is 0. The van der Waals surface area contributed by atoms with E-state index < -0.39 is 0 Å². The van der Waals surface area contributed by atoms with E-state index in [9.17, 15) is 0 Å². The maximum Gasteiger partial charge on any atom is 0.0157 e. The zero-order valence-corrected chi connectivity index (χ0v) is 9.26. The third-order valence-electron chi connectivity index (χ3n) is 2.75. The fourth-order valence-electron chi connectivity index (χ4n) is 1.97. The van der Waals surface area contributed by atoms with Gasteiger partial charge in [-0.3, -0.25) is 0 Å². The molecule has 1 aliphatic heterocycles. The molecule has 3 rings (SSSR count). The first-order valence-corrected chi connectivity index (χ1v) is 6.07. The molecule has 2 aliphatic rings. The molecule has 0 saturated carbocycles. The lowest BCUT2D eigenvalue weighted by Gasteiger charge is -2.18. The minimum Gasteiger partial charge on any atom is -0.0895 e. The standard InChI is InChI=1S/C14H12S/c1-2-6-11-10-12-7-4-5-9-14(12)15-13(11)8-3-1/h2-9H,1,10H2. The van der Waals surface area contributed by atoms with Crippen LogP contribution in [0.2, 0.25) is 0 Å². The van der Waals surface area contributed by atoms with Gasteiger partial charge in [0.2, 0.25) is 0 Å². The average molecular weight is 212 g/mol. The van der Waals surface area contributed by atoms with Crippen molar-refractivity contribution in [3.05, 3.63) is 64.6 Å². The Bertz CT molecular complexity index is 435. The molecule has 0 unspecified atom stereocenters. The number of fused-ring (bicyclic) bond motifs is 1. The second-order valence-corrected chi connectivity index (χ2v) is 4.90. The van der Waals surface area contributed by atoms with E-state index in [2.05, 4.69) is 48.6 Å². The van der Waals surface area contributed by atoms with Crippen molar-refractivity contribution in [1.29, 1.82) is 0 Å². The molecule has 0 radical (unpaired) electrons. The third kappa shape index (κ3) is 1.68. The number of allylic oxidation sites excluding steroid dienone is 5. The summed E-state index contributed by atoms with van der Waals surface area (Å²) in [6.45, 7) is 0. The van der Waals surface area contributed by atoms with Crippen molar-refractivity contribution in [3.8, 4) is 0 Å². The van der Waals surface area contributed by atoms with Gasteiger partial charge in [-0.05, 0) is 30.0 Å². The van der Waals surface area contributed by atoms with Gasteiger partial charge >= 0.3 is 0 Å². The van der Waals surface area contributed by atoms with Gasteiger partial charge in [0.1, 0.15) is 0 Å². The summed E-state index contributed by atoms with van der Waals surface area (Å²) in [4.78, 5) is 2.83. The lowest BCUT2D eigenvalue weighted by Crippen LogP contribution is -1.98. The van der Waals surface area contributed by atoms with Gasteiger partial charge in [0, 0.05) is 9.80 Å². The number of benzene rings is 1. The summed E-state index contributed by atoms with van der Waals surface area (Å²) in [6, 6.07) is 8.69. The molecule has 1 aliphatic carbocycles. The van der Waals surface area contributed by atoms with Crippen molar-refractivity contribution >= 4 is 11.8 Å². The van der Waals surface area contributed by atoms with Crippen molar-refractivity contribution in [2.75, 3.05) is 0 Å². The topological polar surface area (TPSA) is 0 Å². The molecular formula is C14H12S. The number of rotatable bonds is 0. The molecule has 1 heteroatoms. The minimum absolute atomic E-state index is 1.06. The molecular weight excluding hydrogens is 200 g/mol. The molecule has 0 N–H and O–H groups in total. The van der Waals surface area contributed by atoms with Crippen LogP contribution in [0.15, 0.2) is 63.9 Å². The van der Waals surface area contributed by atoms with Gasteiger partial charge in [0.25, 0.3) is 0 Å². The Morgan fingerprint density at radius 2 is 1.87 bits per heavy atom. The predicted octanol–water partition coefficient (Wildman–Crippen LogP) is 4.11. The molecule has 0 aromatic heterocycles. The summed E-state index contributed by atoms with van der Waals surface area (Å²) in [6.07, 6.45) is 11.2. The fourth-order valence-corrected chi connectivity index (χ4v) is 3.06. The smallest absolute Gasteiger partial charge is 0.0157 e. The molecule has 1 heterocycles. The van der Waals surface area contributed by atoms with Crippen molar-refractivity contribution in [3.63, 3.8) is 0 Å². The normalized spacial score (nSPS) is 18.4. The number of hydrogen-bond acceptors (Lipinski definition) is 1. The molecule has 0 atom stereocenters. The van der Waals surface area contributed by atoms with Gasteiger partial charge in [0.15, 0.2) is 0 Å². The summed E-state index contributed by atoms with van der Waals surface area (Å²) in [5.74, 6) is 0. The van der Waals surface area contributed by atoms with Gasteiger partial charge in [0.05, 0.1) is 0 Å². The Labute approximate surface area is 94.4 Å². The first kappa shape index (κ1) is 9.05. The zero-order chi connectivity index (χ0) is 10.1. The highest BCUT2D eigenvalue weighted by Gasteiger charge is 2.15. The first-order valence-electron chi connectivity index (χ1n) is 5.25. The highest BCUT2D eigenvalue weighted by Crippen LogP contribution is 2.39. The second-order valence-electron chi connectivity index (χ2n) is 3.82. The van der Waals surface area contributed by atoms with E-state index in [0.717, 1.165) is 12.8 Å². The Kier molecular flexibility index (Phi) is 2.26. The average Bonchev–Trinajstić information content (AvgIpc) is 2.50. The van der Waals surface area contributed by atoms with Crippen molar-refractivity contribution in [2.24, 2.45) is 0 Å². The Morgan fingerprint density at radius 3 is 2.87 bits per heavy atom. The number of hydrogen-bond donors (Lipinski definition) is 0. The molecule has 0 amide bonds. The number of thioether (sulfide) groups is 1. The lowest BCUT2D eigenvalue weighted by atomic mass is 10.0. The van der Waals surface area contributed by atoms with Crippen molar-refractivity contribution in [1.82, 2.24) is 0 Å². The highest BCUT2D eigenvalue weighted by molar-refractivity contribution is 8.03. The van der Waals surface area contributed by atoms with Crippen LogP contribution >= 0.6 is 11.8 Å². The van der Waals surface area contributed by atoms with Crippen LogP contribution in [0.3, 0.4) is 0 Å². The van der Waals surface area contributed by atoms with E-state index in [0.29, 0.717) is 0 Å². The Hall–Kier alpha value is -1.21. The van der Waals surface area contributed by atoms with Gasteiger partial charge < -0.3 is 0 Å².